The minimum Gasteiger partial charge on any atom is -0.324 e. The van der Waals surface area contributed by atoms with E-state index in [2.05, 4.69) is 10.0 Å². The molecule has 1 amide bonds. The third kappa shape index (κ3) is 3.00. The number of nitrogens with two attached hydrogens (primary N) is 1. The number of carbonyl (C=O) groups excluding carboxylic acids is 1. The van der Waals surface area contributed by atoms with Gasteiger partial charge in [-0.3, -0.25) is 4.79 Å². The lowest BCUT2D eigenvalue weighted by Crippen LogP contribution is -2.48. The van der Waals surface area contributed by atoms with Crippen LogP contribution in [0, 0.1) is 0 Å². The molecule has 20 heavy (non-hydrogen) atoms. The van der Waals surface area contributed by atoms with Crippen LogP contribution >= 0.6 is 0 Å². The molecule has 7 heteroatoms. The lowest BCUT2D eigenvalue weighted by atomic mass is 9.98. The van der Waals surface area contributed by atoms with Crippen molar-refractivity contribution in [2.75, 3.05) is 12.4 Å². The number of amides is 1. The molecule has 0 spiro atoms. The molecule has 0 atom stereocenters. The Morgan fingerprint density at radius 1 is 1.30 bits per heavy atom. The standard InChI is InChI=1S/C13H19N3O3S/c1-15-20(18,19)11-6-4-5-10(9-11)16-12(17)13(14)7-2-3-8-13/h4-6,9,15H,2-3,7-8,14H2,1H3,(H,16,17). The van der Waals surface area contributed by atoms with Crippen molar-refractivity contribution in [3.8, 4) is 0 Å². The van der Waals surface area contributed by atoms with E-state index in [9.17, 15) is 13.2 Å². The first-order chi connectivity index (χ1) is 9.37. The molecule has 0 aromatic heterocycles. The van der Waals surface area contributed by atoms with Crippen LogP contribution in [-0.2, 0) is 14.8 Å². The van der Waals surface area contributed by atoms with E-state index in [1.54, 1.807) is 12.1 Å². The molecule has 0 bridgehead atoms. The molecule has 6 nitrogen and oxygen atoms in total. The molecule has 1 aliphatic rings. The second kappa shape index (κ2) is 5.51. The van der Waals surface area contributed by atoms with Crippen molar-refractivity contribution in [1.29, 1.82) is 0 Å². The molecule has 0 aliphatic heterocycles. The summed E-state index contributed by atoms with van der Waals surface area (Å²) >= 11 is 0. The Balaban J connectivity index is 2.18. The minimum atomic E-state index is -3.52. The highest BCUT2D eigenvalue weighted by Gasteiger charge is 2.37. The van der Waals surface area contributed by atoms with Crippen LogP contribution in [0.3, 0.4) is 0 Å². The molecule has 0 unspecified atom stereocenters. The first-order valence-corrected chi connectivity index (χ1v) is 8.00. The van der Waals surface area contributed by atoms with Gasteiger partial charge in [-0.15, -0.1) is 0 Å². The molecular weight excluding hydrogens is 278 g/mol. The Kier molecular flexibility index (Phi) is 4.12. The molecule has 1 aromatic carbocycles. The Hall–Kier alpha value is -1.44. The summed E-state index contributed by atoms with van der Waals surface area (Å²) in [6, 6.07) is 6.11. The number of carbonyl (C=O) groups is 1. The highest BCUT2D eigenvalue weighted by molar-refractivity contribution is 7.89. The van der Waals surface area contributed by atoms with Gasteiger partial charge in [0.1, 0.15) is 0 Å². The van der Waals surface area contributed by atoms with Crippen molar-refractivity contribution in [3.05, 3.63) is 24.3 Å². The van der Waals surface area contributed by atoms with Crippen LogP contribution in [0.1, 0.15) is 25.7 Å². The summed E-state index contributed by atoms with van der Waals surface area (Å²) in [6.07, 6.45) is 3.21. The van der Waals surface area contributed by atoms with Gasteiger partial charge in [0.05, 0.1) is 10.4 Å². The average molecular weight is 297 g/mol. The first kappa shape index (κ1) is 15.0. The Bertz CT molecular complexity index is 607. The summed E-state index contributed by atoms with van der Waals surface area (Å²) in [7, 11) is -2.18. The van der Waals surface area contributed by atoms with Gasteiger partial charge in [-0.25, -0.2) is 13.1 Å². The van der Waals surface area contributed by atoms with Gasteiger partial charge >= 0.3 is 0 Å². The van der Waals surface area contributed by atoms with E-state index in [1.807, 2.05) is 0 Å². The predicted molar refractivity (Wildman–Crippen MR) is 76.7 cm³/mol. The zero-order valence-corrected chi connectivity index (χ0v) is 12.2. The van der Waals surface area contributed by atoms with E-state index < -0.39 is 15.6 Å². The maximum Gasteiger partial charge on any atom is 0.244 e. The highest BCUT2D eigenvalue weighted by Crippen LogP contribution is 2.28. The van der Waals surface area contributed by atoms with E-state index in [-0.39, 0.29) is 10.8 Å². The van der Waals surface area contributed by atoms with Gasteiger partial charge < -0.3 is 11.1 Å². The predicted octanol–water partition coefficient (Wildman–Crippen LogP) is 0.805. The molecule has 1 aliphatic carbocycles. The summed E-state index contributed by atoms with van der Waals surface area (Å²) in [4.78, 5) is 12.3. The summed E-state index contributed by atoms with van der Waals surface area (Å²) in [5.74, 6) is -0.256. The van der Waals surface area contributed by atoms with Gasteiger partial charge in [0.15, 0.2) is 0 Å². The van der Waals surface area contributed by atoms with Crippen LogP contribution in [0.5, 0.6) is 0 Å². The maximum absolute atomic E-state index is 12.2. The summed E-state index contributed by atoms with van der Waals surface area (Å²) in [6.45, 7) is 0. The van der Waals surface area contributed by atoms with Crippen LogP contribution in [0.2, 0.25) is 0 Å². The Morgan fingerprint density at radius 2 is 1.95 bits per heavy atom. The maximum atomic E-state index is 12.2. The molecule has 2 rings (SSSR count). The van der Waals surface area contributed by atoms with E-state index in [0.717, 1.165) is 12.8 Å². The van der Waals surface area contributed by atoms with Crippen LogP contribution < -0.4 is 15.8 Å². The molecular formula is C13H19N3O3S. The third-order valence-electron chi connectivity index (χ3n) is 3.62. The molecule has 1 fully saturated rings. The monoisotopic (exact) mass is 297 g/mol. The lowest BCUT2D eigenvalue weighted by molar-refractivity contribution is -0.121. The number of sulfonamides is 1. The highest BCUT2D eigenvalue weighted by atomic mass is 32.2. The van der Waals surface area contributed by atoms with Gasteiger partial charge in [-0.05, 0) is 38.1 Å². The fourth-order valence-electron chi connectivity index (χ4n) is 2.35. The smallest absolute Gasteiger partial charge is 0.244 e. The van der Waals surface area contributed by atoms with E-state index in [1.165, 1.54) is 19.2 Å². The van der Waals surface area contributed by atoms with E-state index in [4.69, 9.17) is 5.73 Å². The molecule has 1 saturated carbocycles. The molecule has 1 aromatic rings. The van der Waals surface area contributed by atoms with Gasteiger partial charge in [-0.2, -0.15) is 0 Å². The van der Waals surface area contributed by atoms with Gasteiger partial charge in [0.25, 0.3) is 0 Å². The zero-order valence-electron chi connectivity index (χ0n) is 11.3. The number of nitrogens with one attached hydrogen (secondary N) is 2. The normalized spacial score (nSPS) is 17.9. The summed E-state index contributed by atoms with van der Waals surface area (Å²) in [5.41, 5.74) is 5.66. The topological polar surface area (TPSA) is 101 Å². The molecule has 0 saturated heterocycles. The van der Waals surface area contributed by atoms with Crippen molar-refractivity contribution in [2.45, 2.75) is 36.1 Å². The number of rotatable bonds is 4. The first-order valence-electron chi connectivity index (χ1n) is 6.51. The second-order valence-corrected chi connectivity index (χ2v) is 6.94. The number of benzene rings is 1. The average Bonchev–Trinajstić information content (AvgIpc) is 2.87. The van der Waals surface area contributed by atoms with E-state index in [0.29, 0.717) is 18.5 Å². The number of hydrogen-bond acceptors (Lipinski definition) is 4. The number of hydrogen-bond donors (Lipinski definition) is 3. The van der Waals surface area contributed by atoms with Crippen LogP contribution in [0.15, 0.2) is 29.2 Å². The zero-order chi connectivity index (χ0) is 14.8. The number of anilines is 1. The lowest BCUT2D eigenvalue weighted by Gasteiger charge is -2.22. The van der Waals surface area contributed by atoms with Crippen molar-refractivity contribution in [1.82, 2.24) is 4.72 Å². The Morgan fingerprint density at radius 3 is 2.55 bits per heavy atom. The van der Waals surface area contributed by atoms with Gasteiger partial charge in [0.2, 0.25) is 15.9 Å². The second-order valence-electron chi connectivity index (χ2n) is 5.05. The van der Waals surface area contributed by atoms with Crippen LogP contribution in [0.4, 0.5) is 5.69 Å². The van der Waals surface area contributed by atoms with Crippen LogP contribution in [0.25, 0.3) is 0 Å². The van der Waals surface area contributed by atoms with Crippen molar-refractivity contribution < 1.29 is 13.2 Å². The Labute approximate surface area is 118 Å². The summed E-state index contributed by atoms with van der Waals surface area (Å²) < 4.78 is 25.7. The largest absolute Gasteiger partial charge is 0.324 e. The third-order valence-corrected chi connectivity index (χ3v) is 5.03. The fourth-order valence-corrected chi connectivity index (χ4v) is 3.12. The summed E-state index contributed by atoms with van der Waals surface area (Å²) in [5, 5.41) is 2.70. The van der Waals surface area contributed by atoms with Crippen molar-refractivity contribution >= 4 is 21.6 Å². The van der Waals surface area contributed by atoms with Crippen molar-refractivity contribution in [3.63, 3.8) is 0 Å². The molecule has 110 valence electrons. The fraction of sp³-hybridized carbons (Fsp3) is 0.462. The molecule has 0 heterocycles. The SMILES string of the molecule is CNS(=O)(=O)c1cccc(NC(=O)C2(N)CCCC2)c1. The van der Waals surface area contributed by atoms with Gasteiger partial charge in [-0.1, -0.05) is 18.9 Å². The minimum absolute atomic E-state index is 0.107. The quantitative estimate of drug-likeness (QED) is 0.765. The van der Waals surface area contributed by atoms with Crippen LogP contribution in [-0.4, -0.2) is 26.9 Å². The van der Waals surface area contributed by atoms with E-state index >= 15 is 0 Å². The molecule has 0 radical (unpaired) electrons. The van der Waals surface area contributed by atoms with Crippen molar-refractivity contribution in [2.24, 2.45) is 5.73 Å². The molecule has 4 N–H and O–H groups in total. The van der Waals surface area contributed by atoms with Gasteiger partial charge in [0, 0.05) is 5.69 Å².